The Morgan fingerprint density at radius 2 is 1.69 bits per heavy atom. The third-order valence-corrected chi connectivity index (χ3v) is 7.19. The van der Waals surface area contributed by atoms with Gasteiger partial charge in [0.2, 0.25) is 10.0 Å². The predicted octanol–water partition coefficient (Wildman–Crippen LogP) is 3.25. The first kappa shape index (κ1) is 23.6. The van der Waals surface area contributed by atoms with Crippen LogP contribution in [0.15, 0.2) is 53.4 Å². The van der Waals surface area contributed by atoms with Crippen molar-refractivity contribution in [3.05, 3.63) is 59.7 Å². The molecule has 0 unspecified atom stereocenters. The second-order valence-corrected chi connectivity index (χ2v) is 9.54. The number of anilines is 1. The summed E-state index contributed by atoms with van der Waals surface area (Å²) >= 11 is 0. The van der Waals surface area contributed by atoms with Gasteiger partial charge in [0, 0.05) is 24.3 Å². The number of carbonyl (C=O) groups excluding carboxylic acids is 3. The molecule has 1 saturated heterocycles. The third-order valence-electron chi connectivity index (χ3n) is 5.23. The number of piperidine rings is 1. The van der Waals surface area contributed by atoms with Gasteiger partial charge in [0.1, 0.15) is 0 Å². The summed E-state index contributed by atoms with van der Waals surface area (Å²) in [6.07, 6.45) is 1.33. The number of amides is 1. The van der Waals surface area contributed by atoms with Crippen LogP contribution in [-0.4, -0.2) is 49.6 Å². The molecule has 1 fully saturated rings. The molecule has 9 heteroatoms. The number of Topliss-reactive ketones (excluding diaryl/α,β-unsaturated/α-hetero) is 1. The monoisotopic (exact) mass is 458 g/mol. The van der Waals surface area contributed by atoms with Gasteiger partial charge in [-0.1, -0.05) is 30.7 Å². The van der Waals surface area contributed by atoms with E-state index in [0.717, 1.165) is 19.3 Å². The number of sulfonamides is 1. The largest absolute Gasteiger partial charge is 0.449 e. The summed E-state index contributed by atoms with van der Waals surface area (Å²) in [6, 6.07) is 12.2. The second kappa shape index (κ2) is 10.1. The van der Waals surface area contributed by atoms with Gasteiger partial charge in [0.05, 0.1) is 10.5 Å². The van der Waals surface area contributed by atoms with Crippen LogP contribution in [0.25, 0.3) is 0 Å². The number of esters is 1. The van der Waals surface area contributed by atoms with Crippen molar-refractivity contribution in [3.8, 4) is 0 Å². The highest BCUT2D eigenvalue weighted by Gasteiger charge is 2.31. The second-order valence-electron chi connectivity index (χ2n) is 7.63. The maximum absolute atomic E-state index is 13.1. The molecule has 2 aromatic rings. The van der Waals surface area contributed by atoms with Crippen LogP contribution in [0.5, 0.6) is 0 Å². The number of ketones is 1. The maximum atomic E-state index is 13.1. The molecule has 1 heterocycles. The molecule has 1 aliphatic rings. The zero-order chi connectivity index (χ0) is 23.3. The Kier molecular flexibility index (Phi) is 7.42. The van der Waals surface area contributed by atoms with E-state index < -0.39 is 28.0 Å². The van der Waals surface area contributed by atoms with Crippen molar-refractivity contribution in [2.45, 2.75) is 44.1 Å². The molecular weight excluding hydrogens is 432 g/mol. The first-order valence-corrected chi connectivity index (χ1v) is 11.9. The minimum Gasteiger partial charge on any atom is -0.449 e. The minimum atomic E-state index is -3.86. The fraction of sp³-hybridized carbons (Fsp3) is 0.348. The van der Waals surface area contributed by atoms with Gasteiger partial charge in [0.15, 0.2) is 11.9 Å². The summed E-state index contributed by atoms with van der Waals surface area (Å²) in [4.78, 5) is 36.6. The lowest BCUT2D eigenvalue weighted by molar-refractivity contribution is -0.123. The van der Waals surface area contributed by atoms with Crippen LogP contribution in [0.3, 0.4) is 0 Å². The molecule has 2 aromatic carbocycles. The Bertz CT molecular complexity index is 1120. The van der Waals surface area contributed by atoms with Crippen molar-refractivity contribution in [1.82, 2.24) is 4.31 Å². The third kappa shape index (κ3) is 5.41. The molecule has 0 radical (unpaired) electrons. The molecular formula is C23H26N2O6S. The van der Waals surface area contributed by atoms with Gasteiger partial charge >= 0.3 is 5.97 Å². The number of hydrogen-bond acceptors (Lipinski definition) is 6. The standard InChI is InChI=1S/C23H26N2O6S/c1-16(26)18-9-8-10-19(15-18)24-22(27)17(2)31-23(28)20-11-4-5-12-21(20)32(29,30)25-13-6-3-7-14-25/h4-5,8-12,15,17H,3,6-7,13-14H2,1-2H3,(H,24,27)/t17-/m0/s1. The van der Waals surface area contributed by atoms with E-state index >= 15 is 0 Å². The molecule has 0 bridgehead atoms. The van der Waals surface area contributed by atoms with Crippen LogP contribution < -0.4 is 5.32 Å². The minimum absolute atomic E-state index is 0.115. The van der Waals surface area contributed by atoms with E-state index in [1.165, 1.54) is 36.4 Å². The number of nitrogens with one attached hydrogen (secondary N) is 1. The highest BCUT2D eigenvalue weighted by atomic mass is 32.2. The summed E-state index contributed by atoms with van der Waals surface area (Å²) in [5.41, 5.74) is 0.708. The lowest BCUT2D eigenvalue weighted by Gasteiger charge is -2.26. The van der Waals surface area contributed by atoms with Crippen LogP contribution >= 0.6 is 0 Å². The number of carbonyl (C=O) groups is 3. The van der Waals surface area contributed by atoms with E-state index in [1.807, 2.05) is 0 Å². The highest BCUT2D eigenvalue weighted by Crippen LogP contribution is 2.24. The SMILES string of the molecule is CC(=O)c1cccc(NC(=O)[C@H](C)OC(=O)c2ccccc2S(=O)(=O)N2CCCCC2)c1. The first-order valence-electron chi connectivity index (χ1n) is 10.4. The lowest BCUT2D eigenvalue weighted by Crippen LogP contribution is -2.36. The molecule has 0 aromatic heterocycles. The smallest absolute Gasteiger partial charge is 0.340 e. The van der Waals surface area contributed by atoms with Crippen molar-refractivity contribution >= 4 is 33.4 Å². The van der Waals surface area contributed by atoms with Gasteiger partial charge in [-0.2, -0.15) is 4.31 Å². The first-order chi connectivity index (χ1) is 15.2. The van der Waals surface area contributed by atoms with Crippen LogP contribution in [0.4, 0.5) is 5.69 Å². The molecule has 0 saturated carbocycles. The average Bonchev–Trinajstić information content (AvgIpc) is 2.79. The van der Waals surface area contributed by atoms with Crippen molar-refractivity contribution in [2.75, 3.05) is 18.4 Å². The highest BCUT2D eigenvalue weighted by molar-refractivity contribution is 7.89. The lowest BCUT2D eigenvalue weighted by atomic mass is 10.1. The van der Waals surface area contributed by atoms with E-state index in [4.69, 9.17) is 4.74 Å². The molecule has 1 aliphatic heterocycles. The molecule has 1 N–H and O–H groups in total. The Morgan fingerprint density at radius 3 is 2.38 bits per heavy atom. The topological polar surface area (TPSA) is 110 Å². The Hall–Kier alpha value is -3.04. The van der Waals surface area contributed by atoms with Gasteiger partial charge in [-0.25, -0.2) is 13.2 Å². The summed E-state index contributed by atoms with van der Waals surface area (Å²) in [7, 11) is -3.86. The zero-order valence-corrected chi connectivity index (χ0v) is 18.9. The van der Waals surface area contributed by atoms with Crippen molar-refractivity contribution in [1.29, 1.82) is 0 Å². The van der Waals surface area contributed by atoms with Crippen molar-refractivity contribution < 1.29 is 27.5 Å². The average molecular weight is 459 g/mol. The predicted molar refractivity (Wildman–Crippen MR) is 119 cm³/mol. The number of ether oxygens (including phenoxy) is 1. The van der Waals surface area contributed by atoms with Crippen molar-refractivity contribution in [2.24, 2.45) is 0 Å². The zero-order valence-electron chi connectivity index (χ0n) is 18.0. The van der Waals surface area contributed by atoms with Crippen LogP contribution in [0.1, 0.15) is 53.8 Å². The Morgan fingerprint density at radius 1 is 1.00 bits per heavy atom. The molecule has 3 rings (SSSR count). The van der Waals surface area contributed by atoms with Gasteiger partial charge in [0.25, 0.3) is 5.91 Å². The van der Waals surface area contributed by atoms with Gasteiger partial charge in [-0.3, -0.25) is 9.59 Å². The van der Waals surface area contributed by atoms with Crippen LogP contribution in [0, 0.1) is 0 Å². The van der Waals surface area contributed by atoms with Crippen LogP contribution in [-0.2, 0) is 19.6 Å². The molecule has 32 heavy (non-hydrogen) atoms. The van der Waals surface area contributed by atoms with Gasteiger partial charge in [-0.05, 0) is 51.0 Å². The summed E-state index contributed by atoms with van der Waals surface area (Å²) in [5.74, 6) is -1.65. The van der Waals surface area contributed by atoms with E-state index in [9.17, 15) is 22.8 Å². The molecule has 0 spiro atoms. The van der Waals surface area contributed by atoms with E-state index in [2.05, 4.69) is 5.32 Å². The number of nitrogens with zero attached hydrogens (tertiary/aromatic N) is 1. The van der Waals surface area contributed by atoms with Gasteiger partial charge in [-0.15, -0.1) is 0 Å². The number of hydrogen-bond donors (Lipinski definition) is 1. The molecule has 8 nitrogen and oxygen atoms in total. The fourth-order valence-corrected chi connectivity index (χ4v) is 5.14. The molecule has 0 aliphatic carbocycles. The normalized spacial score (nSPS) is 15.6. The quantitative estimate of drug-likeness (QED) is 0.504. The van der Waals surface area contributed by atoms with E-state index in [-0.39, 0.29) is 16.2 Å². The van der Waals surface area contributed by atoms with E-state index in [0.29, 0.717) is 24.3 Å². The van der Waals surface area contributed by atoms with Crippen molar-refractivity contribution in [3.63, 3.8) is 0 Å². The molecule has 1 atom stereocenters. The number of benzene rings is 2. The molecule has 170 valence electrons. The van der Waals surface area contributed by atoms with E-state index in [1.54, 1.807) is 30.3 Å². The summed E-state index contributed by atoms with van der Waals surface area (Å²) in [5, 5.41) is 2.60. The van der Waals surface area contributed by atoms with Crippen LogP contribution in [0.2, 0.25) is 0 Å². The summed E-state index contributed by atoms with van der Waals surface area (Å²) < 4.78 is 32.8. The van der Waals surface area contributed by atoms with Gasteiger partial charge < -0.3 is 10.1 Å². The fourth-order valence-electron chi connectivity index (χ4n) is 3.44. The Balaban J connectivity index is 1.74. The maximum Gasteiger partial charge on any atom is 0.340 e. The Labute approximate surface area is 187 Å². The molecule has 1 amide bonds. The number of rotatable bonds is 7. The summed E-state index contributed by atoms with van der Waals surface area (Å²) in [6.45, 7) is 3.62.